The van der Waals surface area contributed by atoms with Crippen LogP contribution < -0.4 is 5.56 Å². The molecule has 1 atom stereocenters. The van der Waals surface area contributed by atoms with Gasteiger partial charge in [-0.2, -0.15) is 0 Å². The molecule has 0 saturated heterocycles. The molecular weight excluding hydrogens is 426 g/mol. The van der Waals surface area contributed by atoms with Crippen LogP contribution in [-0.2, 0) is 11.3 Å². The highest BCUT2D eigenvalue weighted by Crippen LogP contribution is 2.35. The van der Waals surface area contributed by atoms with Crippen molar-refractivity contribution < 1.29 is 4.79 Å². The molecule has 0 N–H and O–H groups in total. The van der Waals surface area contributed by atoms with E-state index in [1.807, 2.05) is 49.4 Å². The van der Waals surface area contributed by atoms with E-state index in [0.717, 1.165) is 10.0 Å². The Hall–Kier alpha value is -2.12. The quantitative estimate of drug-likeness (QED) is 0.438. The molecule has 1 aromatic heterocycles. The molecule has 0 aliphatic heterocycles. The third kappa shape index (κ3) is 4.09. The molecule has 1 heterocycles. The van der Waals surface area contributed by atoms with Crippen LogP contribution in [0.2, 0.25) is 0 Å². The number of hydrogen-bond acceptors (Lipinski definition) is 4. The van der Waals surface area contributed by atoms with E-state index in [-0.39, 0.29) is 11.5 Å². The maximum absolute atomic E-state index is 12.9. The number of halogens is 1. The number of fused-ring (bicyclic) bond motifs is 1. The number of hydrogen-bond donors (Lipinski definition) is 0. The molecule has 7 heteroatoms. The number of nitrogens with zero attached hydrogens (tertiary/aromatic N) is 3. The average Bonchev–Trinajstić information content (AvgIpc) is 2.67. The summed E-state index contributed by atoms with van der Waals surface area (Å²) in [6.45, 7) is 2.39. The molecule has 0 aliphatic rings. The summed E-state index contributed by atoms with van der Waals surface area (Å²) in [6.07, 6.45) is 0. The van der Waals surface area contributed by atoms with Gasteiger partial charge in [0.1, 0.15) is 5.25 Å². The van der Waals surface area contributed by atoms with Gasteiger partial charge in [-0.3, -0.25) is 14.2 Å². The molecule has 2 aromatic carbocycles. The number of rotatable bonds is 5. The Bertz CT molecular complexity index is 1030. The Balaban J connectivity index is 2.13. The molecule has 0 fully saturated rings. The summed E-state index contributed by atoms with van der Waals surface area (Å²) in [7, 11) is 3.47. The topological polar surface area (TPSA) is 55.2 Å². The maximum Gasteiger partial charge on any atom is 0.262 e. The van der Waals surface area contributed by atoms with E-state index in [9.17, 15) is 9.59 Å². The lowest BCUT2D eigenvalue weighted by Crippen LogP contribution is -2.28. The van der Waals surface area contributed by atoms with Crippen LogP contribution in [0.15, 0.2) is 63.0 Å². The van der Waals surface area contributed by atoms with Gasteiger partial charge in [0.25, 0.3) is 5.56 Å². The number of amides is 1. The van der Waals surface area contributed by atoms with E-state index in [0.29, 0.717) is 22.6 Å². The third-order valence-corrected chi connectivity index (χ3v) is 5.91. The highest BCUT2D eigenvalue weighted by atomic mass is 79.9. The number of aromatic nitrogens is 2. The molecular formula is C20H20BrN3O2S. The predicted molar refractivity (Wildman–Crippen MR) is 113 cm³/mol. The standard InChI is InChI=1S/C20H20BrN3O2S/c1-4-24-18(25)15-12-14(21)10-11-16(15)22-20(24)27-17(19(26)23(2)3)13-8-6-5-7-9-13/h5-12,17H,4H2,1-3H3. The lowest BCUT2D eigenvalue weighted by atomic mass is 10.1. The van der Waals surface area contributed by atoms with Crippen molar-refractivity contribution in [2.75, 3.05) is 14.1 Å². The zero-order valence-corrected chi connectivity index (χ0v) is 17.8. The monoisotopic (exact) mass is 445 g/mol. The molecule has 0 aliphatic carbocycles. The lowest BCUT2D eigenvalue weighted by molar-refractivity contribution is -0.128. The van der Waals surface area contributed by atoms with Crippen LogP contribution in [0.4, 0.5) is 0 Å². The Kier molecular flexibility index (Phi) is 6.01. The highest BCUT2D eigenvalue weighted by Gasteiger charge is 2.26. The number of benzene rings is 2. The van der Waals surface area contributed by atoms with E-state index in [4.69, 9.17) is 0 Å². The van der Waals surface area contributed by atoms with E-state index in [1.54, 1.807) is 29.6 Å². The SMILES string of the molecule is CCn1c(SC(C(=O)N(C)C)c2ccccc2)nc2ccc(Br)cc2c1=O. The summed E-state index contributed by atoms with van der Waals surface area (Å²) in [5, 5.41) is 0.631. The van der Waals surface area contributed by atoms with Crippen molar-refractivity contribution in [1.82, 2.24) is 14.5 Å². The summed E-state index contributed by atoms with van der Waals surface area (Å²) in [4.78, 5) is 32.0. The first-order chi connectivity index (χ1) is 12.9. The molecule has 0 saturated carbocycles. The fourth-order valence-electron chi connectivity index (χ4n) is 2.77. The van der Waals surface area contributed by atoms with Crippen molar-refractivity contribution in [2.24, 2.45) is 0 Å². The highest BCUT2D eigenvalue weighted by molar-refractivity contribution is 9.10. The smallest absolute Gasteiger partial charge is 0.262 e. The van der Waals surface area contributed by atoms with Crippen molar-refractivity contribution in [1.29, 1.82) is 0 Å². The first-order valence-corrected chi connectivity index (χ1v) is 10.2. The van der Waals surface area contributed by atoms with Gasteiger partial charge in [-0.05, 0) is 30.7 Å². The summed E-state index contributed by atoms with van der Waals surface area (Å²) in [5.74, 6) is -0.0426. The number of likely N-dealkylation sites (N-methyl/N-ethyl adjacent to an activating group) is 1. The zero-order valence-electron chi connectivity index (χ0n) is 15.3. The second-order valence-corrected chi connectivity index (χ2v) is 8.23. The first-order valence-electron chi connectivity index (χ1n) is 8.55. The minimum atomic E-state index is -0.473. The summed E-state index contributed by atoms with van der Waals surface area (Å²) in [5.41, 5.74) is 1.41. The zero-order chi connectivity index (χ0) is 19.6. The van der Waals surface area contributed by atoms with Crippen LogP contribution >= 0.6 is 27.7 Å². The molecule has 0 radical (unpaired) electrons. The second kappa shape index (κ2) is 8.27. The van der Waals surface area contributed by atoms with Gasteiger partial charge in [0.15, 0.2) is 5.16 Å². The van der Waals surface area contributed by atoms with Crippen molar-refractivity contribution in [3.63, 3.8) is 0 Å². The largest absolute Gasteiger partial charge is 0.348 e. The molecule has 140 valence electrons. The molecule has 3 aromatic rings. The van der Waals surface area contributed by atoms with E-state index in [1.165, 1.54) is 11.8 Å². The van der Waals surface area contributed by atoms with E-state index < -0.39 is 5.25 Å². The van der Waals surface area contributed by atoms with Gasteiger partial charge in [0.2, 0.25) is 5.91 Å². The van der Waals surface area contributed by atoms with Gasteiger partial charge in [-0.1, -0.05) is 58.0 Å². The molecule has 3 rings (SSSR count). The number of thioether (sulfide) groups is 1. The fourth-order valence-corrected chi connectivity index (χ4v) is 4.44. The van der Waals surface area contributed by atoms with Crippen molar-refractivity contribution in [3.05, 3.63) is 68.9 Å². The molecule has 1 amide bonds. The fraction of sp³-hybridized carbons (Fsp3) is 0.250. The lowest BCUT2D eigenvalue weighted by Gasteiger charge is -2.21. The van der Waals surface area contributed by atoms with E-state index >= 15 is 0 Å². The Morgan fingerprint density at radius 1 is 1.22 bits per heavy atom. The predicted octanol–water partition coefficient (Wildman–Crippen LogP) is 4.10. The minimum absolute atomic E-state index is 0.0426. The number of carbonyl (C=O) groups excluding carboxylic acids is 1. The summed E-state index contributed by atoms with van der Waals surface area (Å²) in [6, 6.07) is 15.0. The molecule has 0 spiro atoms. The van der Waals surface area contributed by atoms with Crippen LogP contribution in [0, 0.1) is 0 Å². The Morgan fingerprint density at radius 2 is 1.93 bits per heavy atom. The van der Waals surface area contributed by atoms with Crippen LogP contribution in [0.1, 0.15) is 17.7 Å². The van der Waals surface area contributed by atoms with Crippen molar-refractivity contribution in [2.45, 2.75) is 23.9 Å². The second-order valence-electron chi connectivity index (χ2n) is 6.25. The van der Waals surface area contributed by atoms with Crippen LogP contribution in [0.25, 0.3) is 10.9 Å². The average molecular weight is 446 g/mol. The minimum Gasteiger partial charge on any atom is -0.348 e. The maximum atomic E-state index is 12.9. The normalized spacial score (nSPS) is 12.1. The van der Waals surface area contributed by atoms with Crippen molar-refractivity contribution in [3.8, 4) is 0 Å². The van der Waals surface area contributed by atoms with Crippen LogP contribution in [0.5, 0.6) is 0 Å². The number of carbonyl (C=O) groups is 1. The molecule has 5 nitrogen and oxygen atoms in total. The van der Waals surface area contributed by atoms with Gasteiger partial charge in [-0.15, -0.1) is 0 Å². The Morgan fingerprint density at radius 3 is 2.56 bits per heavy atom. The molecule has 1 unspecified atom stereocenters. The van der Waals surface area contributed by atoms with Gasteiger partial charge in [0.05, 0.1) is 10.9 Å². The van der Waals surface area contributed by atoms with Crippen LogP contribution in [0.3, 0.4) is 0 Å². The van der Waals surface area contributed by atoms with Gasteiger partial charge in [0, 0.05) is 25.1 Å². The Labute approximate surface area is 170 Å². The van der Waals surface area contributed by atoms with Gasteiger partial charge in [-0.25, -0.2) is 4.98 Å². The van der Waals surface area contributed by atoms with Crippen molar-refractivity contribution >= 4 is 44.5 Å². The first kappa shape index (κ1) is 19.6. The molecule has 27 heavy (non-hydrogen) atoms. The molecule has 0 bridgehead atoms. The van der Waals surface area contributed by atoms with Crippen LogP contribution in [-0.4, -0.2) is 34.5 Å². The summed E-state index contributed by atoms with van der Waals surface area (Å²) < 4.78 is 2.46. The van der Waals surface area contributed by atoms with Gasteiger partial charge >= 0.3 is 0 Å². The van der Waals surface area contributed by atoms with E-state index in [2.05, 4.69) is 20.9 Å². The third-order valence-electron chi connectivity index (χ3n) is 4.19. The summed E-state index contributed by atoms with van der Waals surface area (Å²) >= 11 is 4.72. The van der Waals surface area contributed by atoms with Gasteiger partial charge < -0.3 is 4.90 Å².